The highest BCUT2D eigenvalue weighted by molar-refractivity contribution is 5.95. The summed E-state index contributed by atoms with van der Waals surface area (Å²) >= 11 is 0. The van der Waals surface area contributed by atoms with Crippen LogP contribution in [0.1, 0.15) is 34.7 Å². The second kappa shape index (κ2) is 12.3. The van der Waals surface area contributed by atoms with E-state index in [4.69, 9.17) is 14.2 Å². The Balaban J connectivity index is 2.07. The Morgan fingerprint density at radius 3 is 2.08 bits per heavy atom. The Hall–Kier alpha value is -4.05. The highest BCUT2D eigenvalue weighted by Crippen LogP contribution is 2.40. The van der Waals surface area contributed by atoms with Gasteiger partial charge in [-0.3, -0.25) is 4.79 Å². The first-order valence-corrected chi connectivity index (χ1v) is 12.0. The molecule has 3 aromatic rings. The number of benzene rings is 2. The molecule has 0 unspecified atom stereocenters. The minimum Gasteiger partial charge on any atom is -0.496 e. The number of likely N-dealkylation sites (N-methyl/N-ethyl adjacent to an activating group) is 2. The number of aromatic carboxylic acids is 1. The van der Waals surface area contributed by atoms with Crippen LogP contribution in [0.3, 0.4) is 0 Å². The molecule has 0 aliphatic rings. The zero-order valence-corrected chi connectivity index (χ0v) is 22.1. The van der Waals surface area contributed by atoms with Crippen LogP contribution in [0.4, 0.5) is 0 Å². The number of amides is 1. The Morgan fingerprint density at radius 1 is 0.919 bits per heavy atom. The van der Waals surface area contributed by atoms with Crippen LogP contribution < -0.4 is 14.2 Å². The number of hydrogen-bond acceptors (Lipinski definition) is 7. The van der Waals surface area contributed by atoms with Crippen molar-refractivity contribution in [2.24, 2.45) is 0 Å². The molecule has 0 atom stereocenters. The number of rotatable bonds is 12. The molecule has 0 aliphatic carbocycles. The minimum atomic E-state index is -1.19. The van der Waals surface area contributed by atoms with E-state index >= 15 is 0 Å². The van der Waals surface area contributed by atoms with E-state index in [1.165, 1.54) is 32.1 Å². The zero-order valence-electron chi connectivity index (χ0n) is 22.1. The first-order valence-electron chi connectivity index (χ1n) is 12.0. The van der Waals surface area contributed by atoms with E-state index < -0.39 is 5.97 Å². The van der Waals surface area contributed by atoms with Gasteiger partial charge in [-0.05, 0) is 49.5 Å². The van der Waals surface area contributed by atoms with Crippen molar-refractivity contribution in [2.75, 3.05) is 54.6 Å². The third kappa shape index (κ3) is 5.86. The smallest absolute Gasteiger partial charge is 0.356 e. The fraction of sp³-hybridized carbons (Fsp3) is 0.370. The van der Waals surface area contributed by atoms with Crippen molar-refractivity contribution in [3.05, 3.63) is 53.7 Å². The van der Waals surface area contributed by atoms with Crippen molar-refractivity contribution in [1.82, 2.24) is 19.6 Å². The molecule has 0 aliphatic heterocycles. The van der Waals surface area contributed by atoms with Crippen LogP contribution in [0.2, 0.25) is 0 Å². The number of nitrogens with zero attached hydrogens (tertiary/aromatic N) is 4. The molecule has 10 nitrogen and oxygen atoms in total. The van der Waals surface area contributed by atoms with Crippen LogP contribution >= 0.6 is 0 Å². The fourth-order valence-electron chi connectivity index (χ4n) is 4.09. The predicted octanol–water partition coefficient (Wildman–Crippen LogP) is 3.68. The van der Waals surface area contributed by atoms with Gasteiger partial charge in [-0.2, -0.15) is 5.10 Å². The third-order valence-corrected chi connectivity index (χ3v) is 6.26. The summed E-state index contributed by atoms with van der Waals surface area (Å²) in [4.78, 5) is 28.9. The van der Waals surface area contributed by atoms with Crippen LogP contribution in [0.5, 0.6) is 17.2 Å². The van der Waals surface area contributed by atoms with Gasteiger partial charge < -0.3 is 29.1 Å². The van der Waals surface area contributed by atoms with E-state index in [0.29, 0.717) is 46.3 Å². The zero-order chi connectivity index (χ0) is 27.1. The van der Waals surface area contributed by atoms with Gasteiger partial charge in [-0.25, -0.2) is 9.48 Å². The minimum absolute atomic E-state index is 0.143. The number of hydrogen-bond donors (Lipinski definition) is 1. The van der Waals surface area contributed by atoms with Gasteiger partial charge in [0.05, 0.1) is 32.6 Å². The van der Waals surface area contributed by atoms with E-state index in [1.54, 1.807) is 48.3 Å². The van der Waals surface area contributed by atoms with Crippen LogP contribution in [-0.4, -0.2) is 91.1 Å². The molecule has 0 fully saturated rings. The highest BCUT2D eigenvalue weighted by atomic mass is 16.5. The van der Waals surface area contributed by atoms with E-state index in [0.717, 1.165) is 19.6 Å². The molecule has 0 bridgehead atoms. The van der Waals surface area contributed by atoms with E-state index in [1.807, 2.05) is 0 Å². The number of ether oxygens (including phenoxy) is 3. The van der Waals surface area contributed by atoms with Gasteiger partial charge in [-0.1, -0.05) is 19.9 Å². The maximum absolute atomic E-state index is 13.1. The largest absolute Gasteiger partial charge is 0.496 e. The molecule has 1 amide bonds. The molecule has 0 spiro atoms. The topological polar surface area (TPSA) is 106 Å². The predicted molar refractivity (Wildman–Crippen MR) is 140 cm³/mol. The van der Waals surface area contributed by atoms with E-state index in [9.17, 15) is 14.7 Å². The number of carbonyl (C=O) groups excluding carboxylic acids is 1. The molecule has 1 N–H and O–H groups in total. The first-order chi connectivity index (χ1) is 17.8. The number of aromatic nitrogens is 2. The average molecular weight is 511 g/mol. The van der Waals surface area contributed by atoms with Crippen LogP contribution in [0.25, 0.3) is 16.9 Å². The Kier molecular flexibility index (Phi) is 9.13. The molecule has 10 heteroatoms. The van der Waals surface area contributed by atoms with Crippen molar-refractivity contribution < 1.29 is 28.9 Å². The molecule has 0 saturated carbocycles. The van der Waals surface area contributed by atoms with Crippen molar-refractivity contribution in [3.8, 4) is 34.2 Å². The molecule has 37 heavy (non-hydrogen) atoms. The molecule has 1 heterocycles. The van der Waals surface area contributed by atoms with Crippen molar-refractivity contribution in [2.45, 2.75) is 13.8 Å². The summed E-state index contributed by atoms with van der Waals surface area (Å²) in [6, 6.07) is 11.7. The quantitative estimate of drug-likeness (QED) is 0.393. The number of carbonyl (C=O) groups is 2. The Morgan fingerprint density at radius 2 is 1.54 bits per heavy atom. The summed E-state index contributed by atoms with van der Waals surface area (Å²) in [6.07, 6.45) is 0. The summed E-state index contributed by atoms with van der Waals surface area (Å²) in [5.74, 6) is -0.000942. The molecule has 0 saturated heterocycles. The second-order valence-corrected chi connectivity index (χ2v) is 8.31. The Bertz CT molecular complexity index is 1230. The standard InChI is InChI=1S/C27H34N4O6/c1-7-30(8-2)15-14-29(3)26(32)18-12-13-20(24(16-18)37-6)31-21(17-19(28-31)27(33)34)25-22(35-4)10-9-11-23(25)36-5/h9-13,16-17H,7-8,14-15H2,1-6H3,(H,33,34). The lowest BCUT2D eigenvalue weighted by molar-refractivity contribution is 0.0689. The summed E-state index contributed by atoms with van der Waals surface area (Å²) in [5.41, 5.74) is 1.71. The van der Waals surface area contributed by atoms with Crippen LogP contribution in [0, 0.1) is 0 Å². The molecule has 1 aromatic heterocycles. The van der Waals surface area contributed by atoms with Gasteiger partial charge >= 0.3 is 5.97 Å². The average Bonchev–Trinajstić information content (AvgIpc) is 3.37. The fourth-order valence-corrected chi connectivity index (χ4v) is 4.09. The molecule has 2 aromatic carbocycles. The van der Waals surface area contributed by atoms with E-state index in [2.05, 4.69) is 23.8 Å². The van der Waals surface area contributed by atoms with E-state index in [-0.39, 0.29) is 11.6 Å². The lowest BCUT2D eigenvalue weighted by Gasteiger charge is -2.23. The number of carboxylic acids is 1. The molecule has 198 valence electrons. The molecule has 0 radical (unpaired) electrons. The first kappa shape index (κ1) is 27.5. The van der Waals surface area contributed by atoms with Crippen LogP contribution in [-0.2, 0) is 0 Å². The lowest BCUT2D eigenvalue weighted by Crippen LogP contribution is -2.36. The summed E-state index contributed by atoms with van der Waals surface area (Å²) in [6.45, 7) is 7.39. The van der Waals surface area contributed by atoms with Crippen LogP contribution in [0.15, 0.2) is 42.5 Å². The summed E-state index contributed by atoms with van der Waals surface area (Å²) in [5, 5.41) is 14.0. The normalized spacial score (nSPS) is 10.9. The van der Waals surface area contributed by atoms with Crippen molar-refractivity contribution in [3.63, 3.8) is 0 Å². The maximum Gasteiger partial charge on any atom is 0.356 e. The van der Waals surface area contributed by atoms with Gasteiger partial charge in [0.1, 0.15) is 22.9 Å². The van der Waals surface area contributed by atoms with Crippen molar-refractivity contribution >= 4 is 11.9 Å². The monoisotopic (exact) mass is 510 g/mol. The summed E-state index contributed by atoms with van der Waals surface area (Å²) < 4.78 is 18.2. The number of methoxy groups -OCH3 is 3. The molecular weight excluding hydrogens is 476 g/mol. The van der Waals surface area contributed by atoms with Gasteiger partial charge in [0, 0.05) is 25.7 Å². The van der Waals surface area contributed by atoms with Gasteiger partial charge in [0.2, 0.25) is 0 Å². The van der Waals surface area contributed by atoms with Crippen molar-refractivity contribution in [1.29, 1.82) is 0 Å². The maximum atomic E-state index is 13.1. The summed E-state index contributed by atoms with van der Waals surface area (Å²) in [7, 11) is 6.30. The molecular formula is C27H34N4O6. The van der Waals surface area contributed by atoms with Gasteiger partial charge in [0.15, 0.2) is 5.69 Å². The highest BCUT2D eigenvalue weighted by Gasteiger charge is 2.24. The van der Waals surface area contributed by atoms with Gasteiger partial charge in [0.25, 0.3) is 5.91 Å². The SMILES string of the molecule is CCN(CC)CCN(C)C(=O)c1ccc(-n2nc(C(=O)O)cc2-c2c(OC)cccc2OC)c(OC)c1. The number of carboxylic acid groups (broad SMARTS) is 1. The molecule has 3 rings (SSSR count). The third-order valence-electron chi connectivity index (χ3n) is 6.26. The lowest BCUT2D eigenvalue weighted by atomic mass is 10.1. The van der Waals surface area contributed by atoms with Gasteiger partial charge in [-0.15, -0.1) is 0 Å². The Labute approximate surface area is 217 Å². The second-order valence-electron chi connectivity index (χ2n) is 8.31.